The van der Waals surface area contributed by atoms with Crippen LogP contribution in [0.5, 0.6) is 5.75 Å². The summed E-state index contributed by atoms with van der Waals surface area (Å²) >= 11 is 5.49. The molecule has 1 aromatic heterocycles. The Balaban J connectivity index is 1.84. The molecule has 0 spiro atoms. The van der Waals surface area contributed by atoms with Gasteiger partial charge in [0, 0.05) is 19.0 Å². The van der Waals surface area contributed by atoms with E-state index >= 15 is 0 Å². The monoisotopic (exact) mass is 336 g/mol. The van der Waals surface area contributed by atoms with Crippen LogP contribution in [0.2, 0.25) is 0 Å². The molecule has 1 heterocycles. The molecule has 0 amide bonds. The second kappa shape index (κ2) is 6.69. The number of hydrogen-bond acceptors (Lipinski definition) is 4. The fourth-order valence-electron chi connectivity index (χ4n) is 2.61. The van der Waals surface area contributed by atoms with Gasteiger partial charge in [-0.2, -0.15) is 5.26 Å². The summed E-state index contributed by atoms with van der Waals surface area (Å²) in [4.78, 5) is 5.05. The smallest absolute Gasteiger partial charge is 0.122 e. The number of benzene rings is 2. The highest BCUT2D eigenvalue weighted by atomic mass is 32.1. The maximum absolute atomic E-state index is 9.07. The van der Waals surface area contributed by atoms with Crippen LogP contribution in [-0.2, 0) is 13.5 Å². The molecule has 120 valence electrons. The molecule has 5 nitrogen and oxygen atoms in total. The van der Waals surface area contributed by atoms with Crippen LogP contribution in [-0.4, -0.2) is 21.6 Å². The lowest BCUT2D eigenvalue weighted by Gasteiger charge is -2.12. The predicted molar refractivity (Wildman–Crippen MR) is 98.3 cm³/mol. The molecule has 0 atom stereocenters. The number of methoxy groups -OCH3 is 1. The second-order valence-electron chi connectivity index (χ2n) is 5.39. The third-order valence-electron chi connectivity index (χ3n) is 3.79. The molecule has 3 aromatic rings. The fraction of sp³-hybridized carbons (Fsp3) is 0.167. The second-order valence-corrected chi connectivity index (χ2v) is 5.88. The molecule has 0 bridgehead atoms. The number of nitrogens with zero attached hydrogens (tertiary/aromatic N) is 3. The molecule has 0 aliphatic rings. The largest absolute Gasteiger partial charge is 0.496 e. The van der Waals surface area contributed by atoms with E-state index in [-0.39, 0.29) is 0 Å². The molecule has 1 N–H and O–H groups in total. The van der Waals surface area contributed by atoms with E-state index in [0.717, 1.165) is 22.3 Å². The van der Waals surface area contributed by atoms with Gasteiger partial charge in [0.25, 0.3) is 0 Å². The maximum atomic E-state index is 9.07. The zero-order valence-electron chi connectivity index (χ0n) is 13.4. The first-order valence-electron chi connectivity index (χ1n) is 7.39. The molecule has 0 saturated carbocycles. The van der Waals surface area contributed by atoms with Crippen molar-refractivity contribution in [3.05, 3.63) is 53.9 Å². The number of ether oxygens (including phenoxy) is 1. The van der Waals surface area contributed by atoms with Gasteiger partial charge in [-0.05, 0) is 30.3 Å². The Morgan fingerprint density at radius 2 is 2.21 bits per heavy atom. The van der Waals surface area contributed by atoms with E-state index in [2.05, 4.69) is 16.4 Å². The van der Waals surface area contributed by atoms with Crippen LogP contribution in [0.4, 0.5) is 5.69 Å². The highest BCUT2D eigenvalue weighted by Crippen LogP contribution is 2.24. The number of aryl methyl sites for hydroxylation is 1. The molecule has 6 heteroatoms. The number of nitrogens with one attached hydrogen (secondary N) is 1. The standard InChI is InChI=1S/C18H16N4OS/c1-22-11-20-18-14(4-3-5-15(18)22)21-17(24)9-13-8-12(10-19)6-7-16(13)23-2/h3-8,11H,9H2,1-2H3,(H,21,24). The maximum Gasteiger partial charge on any atom is 0.122 e. The van der Waals surface area contributed by atoms with E-state index in [0.29, 0.717) is 22.7 Å². The molecule has 0 fully saturated rings. The first kappa shape index (κ1) is 16.0. The van der Waals surface area contributed by atoms with Crippen molar-refractivity contribution in [2.45, 2.75) is 6.42 Å². The molecular formula is C18H16N4OS. The quantitative estimate of drug-likeness (QED) is 0.740. The minimum Gasteiger partial charge on any atom is -0.496 e. The predicted octanol–water partition coefficient (Wildman–Crippen LogP) is 3.44. The number of imidazole rings is 1. The number of thiocarbonyl (C=S) groups is 1. The van der Waals surface area contributed by atoms with Gasteiger partial charge in [-0.25, -0.2) is 4.98 Å². The minimum absolute atomic E-state index is 0.483. The highest BCUT2D eigenvalue weighted by molar-refractivity contribution is 7.80. The number of anilines is 1. The lowest BCUT2D eigenvalue weighted by molar-refractivity contribution is 0.411. The van der Waals surface area contributed by atoms with Crippen molar-refractivity contribution in [2.24, 2.45) is 7.05 Å². The molecule has 0 unspecified atom stereocenters. The van der Waals surface area contributed by atoms with E-state index in [4.69, 9.17) is 22.2 Å². The van der Waals surface area contributed by atoms with Gasteiger partial charge in [0.15, 0.2) is 0 Å². The third kappa shape index (κ3) is 3.07. The van der Waals surface area contributed by atoms with E-state index in [1.165, 1.54) is 0 Å². The van der Waals surface area contributed by atoms with Crippen molar-refractivity contribution in [2.75, 3.05) is 12.4 Å². The van der Waals surface area contributed by atoms with Crippen LogP contribution >= 0.6 is 12.2 Å². The topological polar surface area (TPSA) is 62.9 Å². The Morgan fingerprint density at radius 3 is 2.96 bits per heavy atom. The number of rotatable bonds is 4. The van der Waals surface area contributed by atoms with Crippen molar-refractivity contribution in [3.8, 4) is 11.8 Å². The summed E-state index contributed by atoms with van der Waals surface area (Å²) in [6.45, 7) is 0. The van der Waals surface area contributed by atoms with Crippen LogP contribution in [0, 0.1) is 11.3 Å². The van der Waals surface area contributed by atoms with E-state index < -0.39 is 0 Å². The number of fused-ring (bicyclic) bond motifs is 1. The Kier molecular flexibility index (Phi) is 4.45. The van der Waals surface area contributed by atoms with Gasteiger partial charge >= 0.3 is 0 Å². The Bertz CT molecular complexity index is 955. The minimum atomic E-state index is 0.483. The Hall–Kier alpha value is -2.91. The van der Waals surface area contributed by atoms with Gasteiger partial charge in [0.2, 0.25) is 0 Å². The van der Waals surface area contributed by atoms with Crippen LogP contribution in [0.3, 0.4) is 0 Å². The summed E-state index contributed by atoms with van der Waals surface area (Å²) in [6, 6.07) is 13.4. The summed E-state index contributed by atoms with van der Waals surface area (Å²) in [5, 5.41) is 12.3. The SMILES string of the molecule is COc1ccc(C#N)cc1CC(=S)Nc1cccc2c1ncn2C. The average molecular weight is 336 g/mol. The third-order valence-corrected chi connectivity index (χ3v) is 4.04. The van der Waals surface area contributed by atoms with Gasteiger partial charge in [-0.15, -0.1) is 0 Å². The normalized spacial score (nSPS) is 10.4. The van der Waals surface area contributed by atoms with Crippen LogP contribution in [0.25, 0.3) is 11.0 Å². The Morgan fingerprint density at radius 1 is 1.38 bits per heavy atom. The highest BCUT2D eigenvalue weighted by Gasteiger charge is 2.10. The van der Waals surface area contributed by atoms with Crippen molar-refractivity contribution in [3.63, 3.8) is 0 Å². The molecular weight excluding hydrogens is 320 g/mol. The van der Waals surface area contributed by atoms with Crippen LogP contribution in [0.1, 0.15) is 11.1 Å². The molecule has 0 aliphatic heterocycles. The van der Waals surface area contributed by atoms with Crippen molar-refractivity contribution < 1.29 is 4.74 Å². The molecule has 0 saturated heterocycles. The lowest BCUT2D eigenvalue weighted by Crippen LogP contribution is -2.13. The van der Waals surface area contributed by atoms with E-state index in [1.807, 2.05) is 29.8 Å². The fourth-order valence-corrected chi connectivity index (χ4v) is 2.88. The molecule has 3 rings (SSSR count). The number of para-hydroxylation sites is 1. The van der Waals surface area contributed by atoms with Gasteiger partial charge in [0.05, 0.1) is 41.3 Å². The zero-order chi connectivity index (χ0) is 17.1. The van der Waals surface area contributed by atoms with Crippen molar-refractivity contribution >= 4 is 33.9 Å². The summed E-state index contributed by atoms with van der Waals surface area (Å²) in [6.07, 6.45) is 2.26. The number of nitriles is 1. The molecule has 2 aromatic carbocycles. The molecule has 0 aliphatic carbocycles. The first-order valence-corrected chi connectivity index (χ1v) is 7.80. The summed E-state index contributed by atoms with van der Waals surface area (Å²) in [5.41, 5.74) is 4.24. The molecule has 24 heavy (non-hydrogen) atoms. The summed E-state index contributed by atoms with van der Waals surface area (Å²) < 4.78 is 7.32. The van der Waals surface area contributed by atoms with Gasteiger partial charge in [0.1, 0.15) is 11.3 Å². The van der Waals surface area contributed by atoms with Crippen molar-refractivity contribution in [1.82, 2.24) is 9.55 Å². The van der Waals surface area contributed by atoms with Gasteiger partial charge in [-0.1, -0.05) is 18.3 Å². The van der Waals surface area contributed by atoms with Gasteiger partial charge in [-0.3, -0.25) is 0 Å². The first-order chi connectivity index (χ1) is 11.6. The van der Waals surface area contributed by atoms with Crippen LogP contribution < -0.4 is 10.1 Å². The van der Waals surface area contributed by atoms with Gasteiger partial charge < -0.3 is 14.6 Å². The lowest BCUT2D eigenvalue weighted by atomic mass is 10.1. The number of hydrogen-bond donors (Lipinski definition) is 1. The summed E-state index contributed by atoms with van der Waals surface area (Å²) in [5.74, 6) is 0.717. The number of aromatic nitrogens is 2. The van der Waals surface area contributed by atoms with E-state index in [1.54, 1.807) is 31.6 Å². The Labute approximate surface area is 145 Å². The summed E-state index contributed by atoms with van der Waals surface area (Å²) in [7, 11) is 3.56. The van der Waals surface area contributed by atoms with Crippen LogP contribution in [0.15, 0.2) is 42.7 Å². The zero-order valence-corrected chi connectivity index (χ0v) is 14.2. The van der Waals surface area contributed by atoms with Crippen molar-refractivity contribution in [1.29, 1.82) is 5.26 Å². The average Bonchev–Trinajstić information content (AvgIpc) is 2.97. The van der Waals surface area contributed by atoms with E-state index in [9.17, 15) is 0 Å². The molecule has 0 radical (unpaired) electrons.